The van der Waals surface area contributed by atoms with Gasteiger partial charge in [-0.3, -0.25) is 0 Å². The van der Waals surface area contributed by atoms with E-state index in [-0.39, 0.29) is 18.5 Å². The van der Waals surface area contributed by atoms with Crippen LogP contribution in [0.2, 0.25) is 0 Å². The predicted octanol–water partition coefficient (Wildman–Crippen LogP) is 1.03. The lowest BCUT2D eigenvalue weighted by Crippen LogP contribution is -2.37. The molecule has 3 heteroatoms. The van der Waals surface area contributed by atoms with Crippen LogP contribution in [0.1, 0.15) is 25.7 Å². The third kappa shape index (κ3) is 2.32. The number of halogens is 1. The molecule has 2 nitrogen and oxygen atoms in total. The summed E-state index contributed by atoms with van der Waals surface area (Å²) in [6.45, 7) is 2.26. The number of nitrogens with zero attached hydrogens (tertiary/aromatic N) is 1. The van der Waals surface area contributed by atoms with E-state index in [0.29, 0.717) is 0 Å². The molecule has 0 spiro atoms. The zero-order valence-corrected chi connectivity index (χ0v) is 7.52. The summed E-state index contributed by atoms with van der Waals surface area (Å²) < 4.78 is 0. The first-order chi connectivity index (χ1) is 4.86. The van der Waals surface area contributed by atoms with Gasteiger partial charge in [-0.15, -0.1) is 12.4 Å². The molecule has 0 aromatic heterocycles. The minimum Gasteiger partial charge on any atom is -0.393 e. The number of aliphatic hydroxyl groups is 1. The highest BCUT2D eigenvalue weighted by Gasteiger charge is 2.30. The molecule has 0 amide bonds. The highest BCUT2D eigenvalue weighted by atomic mass is 35.5. The highest BCUT2D eigenvalue weighted by molar-refractivity contribution is 5.85. The van der Waals surface area contributed by atoms with Crippen LogP contribution in [0.25, 0.3) is 0 Å². The topological polar surface area (TPSA) is 23.5 Å². The van der Waals surface area contributed by atoms with Crippen LogP contribution in [-0.2, 0) is 0 Å². The Morgan fingerprint density at radius 3 is 2.00 bits per heavy atom. The van der Waals surface area contributed by atoms with Gasteiger partial charge in [0.15, 0.2) is 0 Å². The standard InChI is InChI=1S/C8H15NO.ClH/c10-8-3-5-9(6-4-8)7-1-2-7;/h7-8,10H,1-6H2;1H. The summed E-state index contributed by atoms with van der Waals surface area (Å²) in [4.78, 5) is 2.52. The molecule has 0 bridgehead atoms. The average Bonchev–Trinajstić information content (AvgIpc) is 2.71. The Kier molecular flexibility index (Phi) is 3.16. The van der Waals surface area contributed by atoms with Crippen molar-refractivity contribution in [1.82, 2.24) is 4.90 Å². The summed E-state index contributed by atoms with van der Waals surface area (Å²) in [5, 5.41) is 9.20. The maximum atomic E-state index is 9.20. The molecule has 11 heavy (non-hydrogen) atoms. The summed E-state index contributed by atoms with van der Waals surface area (Å²) in [6, 6.07) is 0.896. The molecule has 1 aliphatic carbocycles. The summed E-state index contributed by atoms with van der Waals surface area (Å²) >= 11 is 0. The van der Waals surface area contributed by atoms with Gasteiger partial charge in [0.25, 0.3) is 0 Å². The molecular formula is C8H16ClNO. The van der Waals surface area contributed by atoms with Crippen LogP contribution in [0.15, 0.2) is 0 Å². The van der Waals surface area contributed by atoms with Gasteiger partial charge in [-0.05, 0) is 25.7 Å². The Morgan fingerprint density at radius 2 is 1.55 bits per heavy atom. The van der Waals surface area contributed by atoms with E-state index in [0.717, 1.165) is 32.0 Å². The van der Waals surface area contributed by atoms with Crippen LogP contribution < -0.4 is 0 Å². The molecule has 1 saturated heterocycles. The molecule has 1 N–H and O–H groups in total. The van der Waals surface area contributed by atoms with Crippen molar-refractivity contribution < 1.29 is 5.11 Å². The maximum Gasteiger partial charge on any atom is 0.0564 e. The van der Waals surface area contributed by atoms with E-state index in [9.17, 15) is 5.11 Å². The maximum absolute atomic E-state index is 9.20. The second kappa shape index (κ2) is 3.74. The van der Waals surface area contributed by atoms with Crippen molar-refractivity contribution >= 4 is 12.4 Å². The molecule has 1 aliphatic heterocycles. The number of aliphatic hydroxyl groups excluding tert-OH is 1. The van der Waals surface area contributed by atoms with Crippen LogP contribution in [0.3, 0.4) is 0 Å². The van der Waals surface area contributed by atoms with Gasteiger partial charge in [0.05, 0.1) is 6.10 Å². The minimum absolute atomic E-state index is 0. The molecule has 66 valence electrons. The van der Waals surface area contributed by atoms with Gasteiger partial charge < -0.3 is 10.0 Å². The summed E-state index contributed by atoms with van der Waals surface area (Å²) in [5.74, 6) is 0. The molecule has 0 radical (unpaired) electrons. The molecular weight excluding hydrogens is 162 g/mol. The molecule has 0 unspecified atom stereocenters. The number of rotatable bonds is 1. The molecule has 0 aromatic rings. The first-order valence-electron chi connectivity index (χ1n) is 4.28. The normalized spacial score (nSPS) is 28.1. The van der Waals surface area contributed by atoms with E-state index < -0.39 is 0 Å². The number of piperidine rings is 1. The fraction of sp³-hybridized carbons (Fsp3) is 1.00. The third-order valence-corrected chi connectivity index (χ3v) is 2.56. The Balaban J connectivity index is 0.000000605. The lowest BCUT2D eigenvalue weighted by molar-refractivity contribution is 0.0791. The van der Waals surface area contributed by atoms with Gasteiger partial charge >= 0.3 is 0 Å². The molecule has 0 aromatic carbocycles. The molecule has 2 rings (SSSR count). The molecule has 0 atom stereocenters. The Morgan fingerprint density at radius 1 is 1.00 bits per heavy atom. The third-order valence-electron chi connectivity index (χ3n) is 2.56. The lowest BCUT2D eigenvalue weighted by Gasteiger charge is -2.29. The fourth-order valence-corrected chi connectivity index (χ4v) is 1.69. The summed E-state index contributed by atoms with van der Waals surface area (Å²) in [5.41, 5.74) is 0. The quantitative estimate of drug-likeness (QED) is 0.647. The Hall–Kier alpha value is 0.210. The lowest BCUT2D eigenvalue weighted by atomic mass is 10.1. The molecule has 1 saturated carbocycles. The first kappa shape index (κ1) is 9.30. The largest absolute Gasteiger partial charge is 0.393 e. The Bertz CT molecular complexity index is 119. The van der Waals surface area contributed by atoms with Crippen molar-refractivity contribution in [3.8, 4) is 0 Å². The monoisotopic (exact) mass is 177 g/mol. The fourth-order valence-electron chi connectivity index (χ4n) is 1.69. The van der Waals surface area contributed by atoms with Crippen LogP contribution in [0.5, 0.6) is 0 Å². The minimum atomic E-state index is -0.00463. The summed E-state index contributed by atoms with van der Waals surface area (Å²) in [7, 11) is 0. The van der Waals surface area contributed by atoms with E-state index in [4.69, 9.17) is 0 Å². The molecule has 2 fully saturated rings. The van der Waals surface area contributed by atoms with E-state index in [1.165, 1.54) is 12.8 Å². The van der Waals surface area contributed by atoms with Gasteiger partial charge in [-0.2, -0.15) is 0 Å². The van der Waals surface area contributed by atoms with Crippen molar-refractivity contribution in [3.63, 3.8) is 0 Å². The van der Waals surface area contributed by atoms with Gasteiger partial charge in [-0.1, -0.05) is 0 Å². The van der Waals surface area contributed by atoms with E-state index in [1.54, 1.807) is 0 Å². The number of hydrogen-bond acceptors (Lipinski definition) is 2. The van der Waals surface area contributed by atoms with Crippen molar-refractivity contribution in [2.45, 2.75) is 37.8 Å². The first-order valence-corrected chi connectivity index (χ1v) is 4.28. The van der Waals surface area contributed by atoms with E-state index in [1.807, 2.05) is 0 Å². The van der Waals surface area contributed by atoms with Crippen LogP contribution in [-0.4, -0.2) is 35.2 Å². The second-order valence-corrected chi connectivity index (χ2v) is 3.50. The highest BCUT2D eigenvalue weighted by Crippen LogP contribution is 2.29. The van der Waals surface area contributed by atoms with Gasteiger partial charge in [0, 0.05) is 19.1 Å². The van der Waals surface area contributed by atoms with Crippen LogP contribution in [0.4, 0.5) is 0 Å². The number of hydrogen-bond donors (Lipinski definition) is 1. The van der Waals surface area contributed by atoms with Gasteiger partial charge in [-0.25, -0.2) is 0 Å². The van der Waals surface area contributed by atoms with Crippen molar-refractivity contribution in [3.05, 3.63) is 0 Å². The smallest absolute Gasteiger partial charge is 0.0564 e. The molecule has 1 heterocycles. The second-order valence-electron chi connectivity index (χ2n) is 3.50. The zero-order chi connectivity index (χ0) is 6.97. The SMILES string of the molecule is Cl.OC1CCN(C2CC2)CC1. The van der Waals surface area contributed by atoms with Crippen LogP contribution in [0, 0.1) is 0 Å². The van der Waals surface area contributed by atoms with Gasteiger partial charge in [0.1, 0.15) is 0 Å². The number of likely N-dealkylation sites (tertiary alicyclic amines) is 1. The Labute approximate surface area is 74.0 Å². The van der Waals surface area contributed by atoms with E-state index >= 15 is 0 Å². The average molecular weight is 178 g/mol. The predicted molar refractivity (Wildman–Crippen MR) is 47.1 cm³/mol. The van der Waals surface area contributed by atoms with Crippen molar-refractivity contribution in [2.24, 2.45) is 0 Å². The zero-order valence-electron chi connectivity index (χ0n) is 6.70. The molecule has 2 aliphatic rings. The van der Waals surface area contributed by atoms with Gasteiger partial charge in [0.2, 0.25) is 0 Å². The van der Waals surface area contributed by atoms with Crippen molar-refractivity contribution in [2.75, 3.05) is 13.1 Å². The van der Waals surface area contributed by atoms with Crippen LogP contribution >= 0.6 is 12.4 Å². The van der Waals surface area contributed by atoms with Crippen molar-refractivity contribution in [1.29, 1.82) is 0 Å². The van der Waals surface area contributed by atoms with E-state index in [2.05, 4.69) is 4.90 Å². The summed E-state index contributed by atoms with van der Waals surface area (Å²) in [6.07, 6.45) is 4.79.